The van der Waals surface area contributed by atoms with Gasteiger partial charge in [-0.1, -0.05) is 277 Å². The lowest BCUT2D eigenvalue weighted by Gasteiger charge is -2.51. The zero-order valence-corrected chi connectivity index (χ0v) is 48.7. The van der Waals surface area contributed by atoms with E-state index < -0.39 is 67.3 Å². The number of azide groups is 1. The molecule has 1 aliphatic heterocycles. The Hall–Kier alpha value is -5.77. The fraction of sp³-hybridized carbons (Fsp3) is 0.486. The number of aliphatic hydroxyl groups is 1. The van der Waals surface area contributed by atoms with Crippen LogP contribution in [0.4, 0.5) is 0 Å². The molecule has 1 heterocycles. The minimum Gasteiger partial charge on any atom is -0.387 e. The maximum Gasteiger partial charge on any atom is 0.169 e. The number of aliphatic hydroxyl groups excluding tert-OH is 1. The van der Waals surface area contributed by atoms with Crippen molar-refractivity contribution >= 4 is 0 Å². The van der Waals surface area contributed by atoms with E-state index in [1.165, 1.54) is 70.6 Å². The summed E-state index contributed by atoms with van der Waals surface area (Å²) in [6, 6.07) is 58.3. The molecule has 0 aromatic heterocycles. The van der Waals surface area contributed by atoms with Crippen LogP contribution in [0.5, 0.6) is 0 Å². The molecule has 2 aliphatic rings. The lowest BCUT2D eigenvalue weighted by atomic mass is 9.83. The van der Waals surface area contributed by atoms with Crippen LogP contribution in [0.15, 0.2) is 187 Å². The second-order valence-corrected chi connectivity index (χ2v) is 22.1. The molecule has 8 rings (SSSR count). The Kier molecular flexibility index (Phi) is 28.1. The molecule has 13 nitrogen and oxygen atoms in total. The minimum atomic E-state index is -1.36. The molecule has 2 fully saturated rings. The van der Waals surface area contributed by atoms with Gasteiger partial charge in [0, 0.05) is 11.5 Å². The van der Waals surface area contributed by atoms with E-state index in [2.05, 4.69) is 16.9 Å². The van der Waals surface area contributed by atoms with E-state index >= 15 is 0 Å². The third-order valence-electron chi connectivity index (χ3n) is 15.7. The third kappa shape index (κ3) is 21.1. The van der Waals surface area contributed by atoms with Crippen LogP contribution < -0.4 is 0 Å². The van der Waals surface area contributed by atoms with Crippen LogP contribution in [0.3, 0.4) is 0 Å². The van der Waals surface area contributed by atoms with Gasteiger partial charge in [-0.05, 0) is 45.3 Å². The van der Waals surface area contributed by atoms with Crippen molar-refractivity contribution in [2.24, 2.45) is 5.11 Å². The van der Waals surface area contributed by atoms with Gasteiger partial charge in [0.2, 0.25) is 0 Å². The number of hydrogen-bond acceptors (Lipinski definition) is 11. The molecule has 6 aromatic carbocycles. The first-order chi connectivity index (χ1) is 41.1. The molecular weight excluding hydrogens is 1040 g/mol. The molecule has 0 radical (unpaired) electrons. The summed E-state index contributed by atoms with van der Waals surface area (Å²) in [5, 5.41) is 17.7. The molecule has 444 valence electrons. The van der Waals surface area contributed by atoms with E-state index in [0.29, 0.717) is 13.2 Å². The van der Waals surface area contributed by atoms with E-state index in [4.69, 9.17) is 42.6 Å². The van der Waals surface area contributed by atoms with Gasteiger partial charge in [0.05, 0.1) is 46.2 Å². The third-order valence-corrected chi connectivity index (χ3v) is 15.7. The topological polar surface area (TPSA) is 152 Å². The van der Waals surface area contributed by atoms with Gasteiger partial charge in [0.25, 0.3) is 0 Å². The Labute approximate surface area is 493 Å². The summed E-state index contributed by atoms with van der Waals surface area (Å²) in [6.45, 7) is 3.96. The molecule has 11 atom stereocenters. The number of ether oxygens (including phenoxy) is 9. The Morgan fingerprint density at radius 1 is 0.398 bits per heavy atom. The number of benzene rings is 6. The second-order valence-electron chi connectivity index (χ2n) is 22.1. The Morgan fingerprint density at radius 2 is 0.735 bits per heavy atom. The highest BCUT2D eigenvalue weighted by atomic mass is 16.7. The molecule has 0 amide bonds. The SMILES string of the molecule is CCCCCCCCCCCCCCCCO[C@H]1[C@@H](O)[C@H](O[C@H]2O[C@H](COCc3ccccc3)[C@@H](OCc3ccccc3)[C@H](OCc3ccccc3)[C@H]2N=[N+]=[N-])[C@@H](OCc2ccccc2)[C@H](OCc2ccccc2)[C@H]1OCc1ccccc1. The van der Waals surface area contributed by atoms with Crippen LogP contribution >= 0.6 is 0 Å². The molecule has 1 saturated carbocycles. The predicted octanol–water partition coefficient (Wildman–Crippen LogP) is 15.2. The van der Waals surface area contributed by atoms with Crippen LogP contribution in [0, 0.1) is 0 Å². The molecule has 13 heteroatoms. The summed E-state index contributed by atoms with van der Waals surface area (Å²) in [6.07, 6.45) is 7.17. The zero-order chi connectivity index (χ0) is 57.4. The lowest BCUT2D eigenvalue weighted by Crippen LogP contribution is -2.69. The average Bonchev–Trinajstić information content (AvgIpc) is 3.72. The average molecular weight is 1130 g/mol. The van der Waals surface area contributed by atoms with Crippen LogP contribution in [0.2, 0.25) is 0 Å². The molecule has 0 unspecified atom stereocenters. The number of rotatable bonds is 38. The number of nitrogens with zero attached hydrogens (tertiary/aromatic N) is 3. The minimum absolute atomic E-state index is 0.0622. The smallest absolute Gasteiger partial charge is 0.169 e. The molecule has 6 aromatic rings. The highest BCUT2D eigenvalue weighted by Crippen LogP contribution is 2.38. The second kappa shape index (κ2) is 36.8. The maximum absolute atomic E-state index is 13.2. The van der Waals surface area contributed by atoms with Crippen molar-refractivity contribution in [1.82, 2.24) is 0 Å². The van der Waals surface area contributed by atoms with Gasteiger partial charge in [0.1, 0.15) is 61.0 Å². The molecule has 83 heavy (non-hydrogen) atoms. The fourth-order valence-electron chi connectivity index (χ4n) is 11.1. The van der Waals surface area contributed by atoms with Gasteiger partial charge < -0.3 is 47.7 Å². The van der Waals surface area contributed by atoms with Crippen molar-refractivity contribution in [3.05, 3.63) is 226 Å². The Morgan fingerprint density at radius 3 is 1.13 bits per heavy atom. The first-order valence-corrected chi connectivity index (χ1v) is 30.6. The van der Waals surface area contributed by atoms with Gasteiger partial charge in [-0.2, -0.15) is 0 Å². The van der Waals surface area contributed by atoms with E-state index in [-0.39, 0.29) is 39.6 Å². The summed E-state index contributed by atoms with van der Waals surface area (Å²) in [7, 11) is 0. The van der Waals surface area contributed by atoms with Crippen molar-refractivity contribution < 1.29 is 47.7 Å². The summed E-state index contributed by atoms with van der Waals surface area (Å²) >= 11 is 0. The van der Waals surface area contributed by atoms with Crippen molar-refractivity contribution in [1.29, 1.82) is 0 Å². The van der Waals surface area contributed by atoms with Crippen LogP contribution in [-0.2, 0) is 82.3 Å². The standard InChI is InChI=1S/C70H89N3O10/c1-2-3-4-5-6-7-8-9-10-11-12-13-14-33-46-76-65-62(74)66(68(80-51-58-42-29-19-30-43-58)69(81-52-59-44-31-20-32-45-59)67(65)79-50-57-40-27-18-28-41-57)83-70-61(72-73-71)64(78-49-56-38-25-17-26-39-56)63(77-48-55-36-23-16-24-37-55)60(82-70)53-75-47-54-34-21-15-22-35-54/h15-32,34-45,60-70,74H,2-14,33,46-53H2,1H3/t60-,61-,62-,63-,64-,65+,66+,67+,68-,69-,70-/m1/s1. The number of unbranched alkanes of at least 4 members (excludes halogenated alkanes) is 13. The molecule has 1 saturated heterocycles. The van der Waals surface area contributed by atoms with Crippen LogP contribution in [0.1, 0.15) is 130 Å². The zero-order valence-electron chi connectivity index (χ0n) is 48.7. The molecule has 1 aliphatic carbocycles. The highest BCUT2D eigenvalue weighted by Gasteiger charge is 2.57. The lowest BCUT2D eigenvalue weighted by molar-refractivity contribution is -0.337. The highest BCUT2D eigenvalue weighted by molar-refractivity contribution is 5.19. The van der Waals surface area contributed by atoms with Crippen molar-refractivity contribution in [3.8, 4) is 0 Å². The molecule has 1 N–H and O–H groups in total. The normalized spacial score (nSPS) is 23.4. The van der Waals surface area contributed by atoms with Gasteiger partial charge >= 0.3 is 0 Å². The van der Waals surface area contributed by atoms with Crippen LogP contribution in [-0.4, -0.2) is 85.6 Å². The maximum atomic E-state index is 13.2. The summed E-state index contributed by atoms with van der Waals surface area (Å²) < 4.78 is 62.6. The van der Waals surface area contributed by atoms with Gasteiger partial charge in [-0.15, -0.1) is 0 Å². The van der Waals surface area contributed by atoms with E-state index in [9.17, 15) is 10.6 Å². The van der Waals surface area contributed by atoms with Gasteiger partial charge in [0.15, 0.2) is 6.29 Å². The largest absolute Gasteiger partial charge is 0.387 e. The van der Waals surface area contributed by atoms with E-state index in [0.717, 1.165) is 52.6 Å². The Balaban J connectivity index is 1.10. The monoisotopic (exact) mass is 1130 g/mol. The first-order valence-electron chi connectivity index (χ1n) is 30.6. The van der Waals surface area contributed by atoms with Crippen LogP contribution in [0.25, 0.3) is 10.4 Å². The van der Waals surface area contributed by atoms with Crippen molar-refractivity contribution in [2.75, 3.05) is 13.2 Å². The fourth-order valence-corrected chi connectivity index (χ4v) is 11.1. The van der Waals surface area contributed by atoms with E-state index in [1.54, 1.807) is 0 Å². The molecular formula is C70H89N3O10. The van der Waals surface area contributed by atoms with Crippen molar-refractivity contribution in [2.45, 2.75) is 204 Å². The first kappa shape index (κ1) is 63.3. The van der Waals surface area contributed by atoms with Gasteiger partial charge in [-0.3, -0.25) is 0 Å². The quantitative estimate of drug-likeness (QED) is 0.0172. The van der Waals surface area contributed by atoms with Gasteiger partial charge in [-0.25, -0.2) is 0 Å². The summed E-state index contributed by atoms with van der Waals surface area (Å²) in [5.41, 5.74) is 16.1. The number of hydrogen-bond donors (Lipinski definition) is 1. The summed E-state index contributed by atoms with van der Waals surface area (Å²) in [5.74, 6) is 0. The molecule has 0 bridgehead atoms. The van der Waals surface area contributed by atoms with Crippen molar-refractivity contribution in [3.63, 3.8) is 0 Å². The summed E-state index contributed by atoms with van der Waals surface area (Å²) in [4.78, 5) is 3.40. The predicted molar refractivity (Wildman–Crippen MR) is 324 cm³/mol. The molecule has 0 spiro atoms. The Bertz CT molecular complexity index is 2660. The van der Waals surface area contributed by atoms with E-state index in [1.807, 2.05) is 182 Å².